The Bertz CT molecular complexity index is 486. The van der Waals surface area contributed by atoms with Crippen LogP contribution in [0.25, 0.3) is 0 Å². The molecule has 7 atom stereocenters. The van der Waals surface area contributed by atoms with Crippen LogP contribution >= 0.6 is 0 Å². The van der Waals surface area contributed by atoms with Crippen LogP contribution < -0.4 is 0 Å². The van der Waals surface area contributed by atoms with Crippen LogP contribution in [0, 0.1) is 40.4 Å². The van der Waals surface area contributed by atoms with Crippen LogP contribution in [-0.4, -0.2) is 17.5 Å². The van der Waals surface area contributed by atoms with Gasteiger partial charge in [-0.1, -0.05) is 26.7 Å². The highest BCUT2D eigenvalue weighted by Gasteiger charge is 2.60. The van der Waals surface area contributed by atoms with Crippen LogP contribution in [0.4, 0.5) is 0 Å². The zero-order valence-corrected chi connectivity index (χ0v) is 15.0. The summed E-state index contributed by atoms with van der Waals surface area (Å²) in [5.74, 6) is 3.72. The number of carbonyl (C=O) groups excluding carboxylic acids is 1. The zero-order chi connectivity index (χ0) is 16.2. The normalized spacial score (nSPS) is 52.4. The van der Waals surface area contributed by atoms with Crippen molar-refractivity contribution in [2.24, 2.45) is 40.4 Å². The maximum atomic E-state index is 12.3. The number of rotatable bonds is 2. The molecule has 0 aromatic carbocycles. The molecule has 0 aromatic rings. The average molecular weight is 319 g/mol. The minimum Gasteiger partial charge on any atom is -0.389 e. The van der Waals surface area contributed by atoms with Gasteiger partial charge in [-0.15, -0.1) is 0 Å². The standard InChI is InChI=1S/C21H34O2/c1-20-11-4-3-5-14(20)6-7-15-16-8-9-18(19(23)13-22)21(16,2)12-10-17(15)20/h14-18,22H,3-13H2,1-2H3/t14?,15-,16-,17-,18+,20-,21-/m0/s1. The molecular formula is C21H34O2. The summed E-state index contributed by atoms with van der Waals surface area (Å²) in [6, 6.07) is 0. The number of hydrogen-bond donors (Lipinski definition) is 1. The lowest BCUT2D eigenvalue weighted by Gasteiger charge is -2.60. The topological polar surface area (TPSA) is 37.3 Å². The van der Waals surface area contributed by atoms with Crippen molar-refractivity contribution in [1.82, 2.24) is 0 Å². The second kappa shape index (κ2) is 5.58. The molecule has 0 spiro atoms. The van der Waals surface area contributed by atoms with E-state index < -0.39 is 0 Å². The second-order valence-corrected chi connectivity index (χ2v) is 9.70. The summed E-state index contributed by atoms with van der Waals surface area (Å²) in [7, 11) is 0. The average Bonchev–Trinajstić information content (AvgIpc) is 2.91. The van der Waals surface area contributed by atoms with Gasteiger partial charge in [0.2, 0.25) is 0 Å². The van der Waals surface area contributed by atoms with Gasteiger partial charge < -0.3 is 5.11 Å². The van der Waals surface area contributed by atoms with Crippen LogP contribution in [-0.2, 0) is 4.79 Å². The summed E-state index contributed by atoms with van der Waals surface area (Å²) < 4.78 is 0. The Morgan fingerprint density at radius 1 is 0.913 bits per heavy atom. The Balaban J connectivity index is 1.61. The Kier molecular flexibility index (Phi) is 3.91. The molecule has 0 amide bonds. The number of carbonyl (C=O) groups is 1. The van der Waals surface area contributed by atoms with E-state index in [2.05, 4.69) is 13.8 Å². The molecule has 4 aliphatic carbocycles. The van der Waals surface area contributed by atoms with Gasteiger partial charge >= 0.3 is 0 Å². The van der Waals surface area contributed by atoms with Gasteiger partial charge in [0.1, 0.15) is 6.61 Å². The van der Waals surface area contributed by atoms with Crippen LogP contribution in [0.5, 0.6) is 0 Å². The number of ketones is 1. The molecular weight excluding hydrogens is 284 g/mol. The van der Waals surface area contributed by atoms with Gasteiger partial charge in [-0.2, -0.15) is 0 Å². The van der Waals surface area contributed by atoms with Gasteiger partial charge in [0.25, 0.3) is 0 Å². The van der Waals surface area contributed by atoms with E-state index in [9.17, 15) is 9.90 Å². The molecule has 23 heavy (non-hydrogen) atoms. The van der Waals surface area contributed by atoms with Gasteiger partial charge in [0.05, 0.1) is 0 Å². The summed E-state index contributed by atoms with van der Waals surface area (Å²) in [5.41, 5.74) is 0.764. The van der Waals surface area contributed by atoms with Crippen molar-refractivity contribution in [2.75, 3.05) is 6.61 Å². The summed E-state index contributed by atoms with van der Waals surface area (Å²) in [6.45, 7) is 4.75. The molecule has 1 N–H and O–H groups in total. The largest absolute Gasteiger partial charge is 0.389 e. The predicted molar refractivity (Wildman–Crippen MR) is 91.9 cm³/mol. The first-order valence-corrected chi connectivity index (χ1v) is 10.1. The van der Waals surface area contributed by atoms with Crippen LogP contribution in [0.1, 0.15) is 78.1 Å². The van der Waals surface area contributed by atoms with E-state index in [-0.39, 0.29) is 23.7 Å². The maximum absolute atomic E-state index is 12.3. The van der Waals surface area contributed by atoms with Gasteiger partial charge in [0.15, 0.2) is 5.78 Å². The molecule has 0 saturated heterocycles. The second-order valence-electron chi connectivity index (χ2n) is 9.70. The van der Waals surface area contributed by atoms with Crippen LogP contribution in [0.2, 0.25) is 0 Å². The first kappa shape index (κ1) is 16.1. The van der Waals surface area contributed by atoms with Crippen molar-refractivity contribution < 1.29 is 9.90 Å². The quantitative estimate of drug-likeness (QED) is 0.808. The molecule has 0 aliphatic heterocycles. The van der Waals surface area contributed by atoms with Gasteiger partial charge in [-0.05, 0) is 85.9 Å². The van der Waals surface area contributed by atoms with Crippen molar-refractivity contribution in [3.8, 4) is 0 Å². The lowest BCUT2D eigenvalue weighted by Crippen LogP contribution is -2.53. The summed E-state index contributed by atoms with van der Waals surface area (Å²) >= 11 is 0. The summed E-state index contributed by atoms with van der Waals surface area (Å²) in [4.78, 5) is 12.3. The molecule has 0 bridgehead atoms. The maximum Gasteiger partial charge on any atom is 0.161 e. The number of Topliss-reactive ketones (excluding diaryl/α,β-unsaturated/α-hetero) is 1. The molecule has 2 heteroatoms. The molecule has 0 aromatic heterocycles. The van der Waals surface area contributed by atoms with E-state index in [0.29, 0.717) is 5.41 Å². The lowest BCUT2D eigenvalue weighted by molar-refractivity contribution is -0.137. The minimum atomic E-state index is -0.249. The third-order valence-corrected chi connectivity index (χ3v) is 9.13. The summed E-state index contributed by atoms with van der Waals surface area (Å²) in [5, 5.41) is 9.38. The molecule has 0 radical (unpaired) electrons. The third kappa shape index (κ3) is 2.19. The SMILES string of the molecule is C[C@]12CC[C@H]3[C@@H](CCC4CCCC[C@@]43C)[C@@H]1CC[C@@H]2C(=O)CO. The fraction of sp³-hybridized carbons (Fsp3) is 0.952. The molecule has 4 fully saturated rings. The fourth-order valence-corrected chi connectivity index (χ4v) is 7.93. The highest BCUT2D eigenvalue weighted by atomic mass is 16.3. The fourth-order valence-electron chi connectivity index (χ4n) is 7.93. The minimum absolute atomic E-state index is 0.117. The summed E-state index contributed by atoms with van der Waals surface area (Å²) in [6.07, 6.45) is 13.5. The van der Waals surface area contributed by atoms with E-state index in [1.54, 1.807) is 0 Å². The van der Waals surface area contributed by atoms with Crippen molar-refractivity contribution in [1.29, 1.82) is 0 Å². The molecule has 2 nitrogen and oxygen atoms in total. The smallest absolute Gasteiger partial charge is 0.161 e. The van der Waals surface area contributed by atoms with E-state index in [4.69, 9.17) is 0 Å². The number of aliphatic hydroxyl groups is 1. The third-order valence-electron chi connectivity index (χ3n) is 9.13. The Morgan fingerprint density at radius 3 is 2.48 bits per heavy atom. The van der Waals surface area contributed by atoms with Crippen molar-refractivity contribution in [3.05, 3.63) is 0 Å². The van der Waals surface area contributed by atoms with Gasteiger partial charge in [-0.3, -0.25) is 4.79 Å². The van der Waals surface area contributed by atoms with Crippen molar-refractivity contribution >= 4 is 5.78 Å². The van der Waals surface area contributed by atoms with Gasteiger partial charge in [0, 0.05) is 5.92 Å². The zero-order valence-electron chi connectivity index (χ0n) is 15.0. The number of hydrogen-bond acceptors (Lipinski definition) is 2. The van der Waals surface area contributed by atoms with Crippen LogP contribution in [0.15, 0.2) is 0 Å². The van der Waals surface area contributed by atoms with E-state index in [1.807, 2.05) is 0 Å². The number of aliphatic hydroxyl groups excluding tert-OH is 1. The molecule has 1 unspecified atom stereocenters. The van der Waals surface area contributed by atoms with E-state index in [0.717, 1.165) is 30.1 Å². The monoisotopic (exact) mass is 318 g/mol. The number of fused-ring (bicyclic) bond motifs is 5. The van der Waals surface area contributed by atoms with Crippen LogP contribution in [0.3, 0.4) is 0 Å². The van der Waals surface area contributed by atoms with Gasteiger partial charge in [-0.25, -0.2) is 0 Å². The molecule has 4 saturated carbocycles. The Morgan fingerprint density at radius 2 is 1.70 bits per heavy atom. The highest BCUT2D eigenvalue weighted by Crippen LogP contribution is 2.67. The molecule has 130 valence electrons. The lowest BCUT2D eigenvalue weighted by atomic mass is 9.45. The van der Waals surface area contributed by atoms with E-state index in [1.165, 1.54) is 57.8 Å². The van der Waals surface area contributed by atoms with Crippen molar-refractivity contribution in [2.45, 2.75) is 78.1 Å². The Labute approximate surface area is 141 Å². The first-order valence-electron chi connectivity index (χ1n) is 10.1. The highest BCUT2D eigenvalue weighted by molar-refractivity contribution is 5.83. The molecule has 4 aliphatic rings. The van der Waals surface area contributed by atoms with E-state index >= 15 is 0 Å². The molecule has 4 rings (SSSR count). The Hall–Kier alpha value is -0.370. The predicted octanol–water partition coefficient (Wildman–Crippen LogP) is 4.60. The molecule has 0 heterocycles. The first-order chi connectivity index (χ1) is 11.0. The van der Waals surface area contributed by atoms with Crippen molar-refractivity contribution in [3.63, 3.8) is 0 Å².